The van der Waals surface area contributed by atoms with Crippen LogP contribution in [0.5, 0.6) is 0 Å². The highest BCUT2D eigenvalue weighted by atomic mass is 16.5. The second kappa shape index (κ2) is 6.68. The first-order chi connectivity index (χ1) is 13.8. The second-order valence-corrected chi connectivity index (χ2v) is 11.0. The monoisotopic (exact) mass is 398 g/mol. The van der Waals surface area contributed by atoms with Gasteiger partial charge in [0.1, 0.15) is 0 Å². The van der Waals surface area contributed by atoms with Crippen LogP contribution in [0.3, 0.4) is 0 Å². The zero-order chi connectivity index (χ0) is 20.4. The van der Waals surface area contributed by atoms with Gasteiger partial charge >= 0.3 is 0 Å². The molecule has 1 aromatic heterocycles. The summed E-state index contributed by atoms with van der Waals surface area (Å²) in [5.41, 5.74) is 2.25. The van der Waals surface area contributed by atoms with Crippen molar-refractivity contribution in [3.05, 3.63) is 30.9 Å². The number of aromatic nitrogens is 2. The Hall–Kier alpha value is -1.13. The van der Waals surface area contributed by atoms with Gasteiger partial charge in [-0.2, -0.15) is 0 Å². The molecule has 4 aliphatic rings. The van der Waals surface area contributed by atoms with E-state index in [1.54, 1.807) is 0 Å². The van der Waals surface area contributed by atoms with E-state index in [0.29, 0.717) is 29.5 Å². The molecule has 4 heteroatoms. The highest BCUT2D eigenvalue weighted by molar-refractivity contribution is 5.31. The van der Waals surface area contributed by atoms with Crippen molar-refractivity contribution in [3.63, 3.8) is 0 Å². The number of aryl methyl sites for hydroxylation is 1. The summed E-state index contributed by atoms with van der Waals surface area (Å²) in [7, 11) is 0. The van der Waals surface area contributed by atoms with E-state index in [4.69, 9.17) is 4.74 Å². The first-order valence-electron chi connectivity index (χ1n) is 11.8. The van der Waals surface area contributed by atoms with Gasteiger partial charge in [-0.25, -0.2) is 4.98 Å². The molecular formula is C25H38N2O2. The lowest BCUT2D eigenvalue weighted by atomic mass is 9.43. The zero-order valence-electron chi connectivity index (χ0n) is 18.4. The third-order valence-corrected chi connectivity index (χ3v) is 10.2. The fourth-order valence-corrected chi connectivity index (χ4v) is 8.16. The molecule has 0 bridgehead atoms. The molecule has 0 aromatic carbocycles. The number of aliphatic hydroxyl groups is 1. The van der Waals surface area contributed by atoms with Crippen molar-refractivity contribution < 1.29 is 9.84 Å². The van der Waals surface area contributed by atoms with Gasteiger partial charge in [0, 0.05) is 24.4 Å². The van der Waals surface area contributed by atoms with Gasteiger partial charge in [-0.3, -0.25) is 0 Å². The number of nitrogens with zero attached hydrogens (tertiary/aromatic N) is 2. The Kier molecular flexibility index (Phi) is 4.57. The fraction of sp³-hybridized carbons (Fsp3) is 0.800. The zero-order valence-corrected chi connectivity index (χ0v) is 18.4. The van der Waals surface area contributed by atoms with Gasteiger partial charge in [0.2, 0.25) is 0 Å². The summed E-state index contributed by atoms with van der Waals surface area (Å²) >= 11 is 0. The molecule has 1 aliphatic heterocycles. The predicted octanol–water partition coefficient (Wildman–Crippen LogP) is 4.98. The summed E-state index contributed by atoms with van der Waals surface area (Å²) in [6, 6.07) is 0. The van der Waals surface area contributed by atoms with Gasteiger partial charge in [0.15, 0.2) is 0 Å². The van der Waals surface area contributed by atoms with E-state index < -0.39 is 0 Å². The average molecular weight is 399 g/mol. The maximum Gasteiger partial charge on any atom is 0.0945 e. The molecule has 160 valence electrons. The summed E-state index contributed by atoms with van der Waals surface area (Å²) in [5.74, 6) is 1.13. The van der Waals surface area contributed by atoms with Gasteiger partial charge < -0.3 is 14.4 Å². The number of rotatable bonds is 4. The van der Waals surface area contributed by atoms with Crippen LogP contribution in [-0.2, 0) is 11.3 Å². The van der Waals surface area contributed by atoms with E-state index in [0.717, 1.165) is 32.2 Å². The third kappa shape index (κ3) is 2.61. The van der Waals surface area contributed by atoms with E-state index in [1.807, 2.05) is 12.5 Å². The van der Waals surface area contributed by atoms with Crippen molar-refractivity contribution in [2.75, 3.05) is 0 Å². The highest BCUT2D eigenvalue weighted by Gasteiger charge is 2.72. The van der Waals surface area contributed by atoms with Crippen LogP contribution in [0.15, 0.2) is 30.9 Å². The molecule has 29 heavy (non-hydrogen) atoms. The maximum absolute atomic E-state index is 10.5. The molecule has 2 heterocycles. The van der Waals surface area contributed by atoms with Crippen LogP contribution < -0.4 is 0 Å². The Morgan fingerprint density at radius 3 is 2.83 bits per heavy atom. The molecule has 0 radical (unpaired) electrons. The molecule has 1 spiro atoms. The normalized spacial score (nSPS) is 49.4. The summed E-state index contributed by atoms with van der Waals surface area (Å²) < 4.78 is 8.78. The molecule has 5 rings (SSSR count). The lowest BCUT2D eigenvalue weighted by Gasteiger charge is -2.69. The van der Waals surface area contributed by atoms with Crippen LogP contribution in [0.25, 0.3) is 0 Å². The minimum atomic E-state index is -0.147. The smallest absolute Gasteiger partial charge is 0.0945 e. The lowest BCUT2D eigenvalue weighted by molar-refractivity contribution is -0.328. The largest absolute Gasteiger partial charge is 0.393 e. The molecule has 8 atom stereocenters. The first kappa shape index (κ1) is 19.8. The Balaban J connectivity index is 1.43. The number of aliphatic hydroxyl groups excluding tert-OH is 1. The van der Waals surface area contributed by atoms with Gasteiger partial charge in [0.25, 0.3) is 0 Å². The van der Waals surface area contributed by atoms with Gasteiger partial charge in [-0.15, -0.1) is 0 Å². The molecule has 3 saturated carbocycles. The highest BCUT2D eigenvalue weighted by Crippen LogP contribution is 2.73. The van der Waals surface area contributed by atoms with Crippen LogP contribution >= 0.6 is 0 Å². The van der Waals surface area contributed by atoms with Gasteiger partial charge in [0.05, 0.1) is 24.6 Å². The van der Waals surface area contributed by atoms with Crippen molar-refractivity contribution >= 4 is 0 Å². The molecule has 1 unspecified atom stereocenters. The summed E-state index contributed by atoms with van der Waals surface area (Å²) in [5, 5.41) is 10.5. The second-order valence-electron chi connectivity index (χ2n) is 11.0. The number of hydrogen-bond donors (Lipinski definition) is 1. The van der Waals surface area contributed by atoms with Crippen molar-refractivity contribution in [2.24, 2.45) is 28.1 Å². The summed E-state index contributed by atoms with van der Waals surface area (Å²) in [6.45, 7) is 12.8. The molecular weight excluding hydrogens is 360 g/mol. The van der Waals surface area contributed by atoms with E-state index in [1.165, 1.54) is 31.3 Å². The molecule has 1 saturated heterocycles. The van der Waals surface area contributed by atoms with Crippen molar-refractivity contribution in [1.29, 1.82) is 0 Å². The van der Waals surface area contributed by atoms with E-state index in [9.17, 15) is 5.11 Å². The average Bonchev–Trinajstić information content (AvgIpc) is 3.30. The molecule has 3 aliphatic carbocycles. The van der Waals surface area contributed by atoms with Crippen molar-refractivity contribution in [2.45, 2.75) is 97.0 Å². The van der Waals surface area contributed by atoms with E-state index in [-0.39, 0.29) is 16.9 Å². The topological polar surface area (TPSA) is 47.3 Å². The van der Waals surface area contributed by atoms with E-state index in [2.05, 4.69) is 43.1 Å². The SMILES string of the molecule is C=C1CC[C@@]23C(C)O[C@@H]2[C@@H]([C@@]2(C)CC[C@H](O)C[C@@H]2CCn2ccnc2)CC[C@]13C. The minimum absolute atomic E-state index is 0.147. The molecule has 0 amide bonds. The Labute approximate surface area is 175 Å². The lowest BCUT2D eigenvalue weighted by Crippen LogP contribution is -2.71. The maximum atomic E-state index is 10.5. The van der Waals surface area contributed by atoms with Gasteiger partial charge in [-0.1, -0.05) is 26.0 Å². The standard InChI is InChI=1S/C25H38N2O2/c1-17-5-11-25-18(2)29-22(25)21(7-10-24(17,25)4)23(3)9-6-20(28)15-19(23)8-13-27-14-12-26-16-27/h12,14,16,18-22,28H,1,5-11,13,15H2,2-4H3/t18?,19-,20-,21-,22+,23-,24+,25+/m0/s1. The minimum Gasteiger partial charge on any atom is -0.393 e. The molecule has 4 fully saturated rings. The van der Waals surface area contributed by atoms with Crippen molar-refractivity contribution in [1.82, 2.24) is 9.55 Å². The van der Waals surface area contributed by atoms with Gasteiger partial charge in [-0.05, 0) is 81.0 Å². The van der Waals surface area contributed by atoms with Crippen LogP contribution in [0.2, 0.25) is 0 Å². The van der Waals surface area contributed by atoms with Crippen LogP contribution in [0.1, 0.15) is 72.1 Å². The predicted molar refractivity (Wildman–Crippen MR) is 114 cm³/mol. The molecule has 1 aromatic rings. The quantitative estimate of drug-likeness (QED) is 0.728. The van der Waals surface area contributed by atoms with Crippen LogP contribution in [-0.4, -0.2) is 33.0 Å². The number of ether oxygens (including phenoxy) is 1. The molecule has 4 nitrogen and oxygen atoms in total. The van der Waals surface area contributed by atoms with E-state index >= 15 is 0 Å². The van der Waals surface area contributed by atoms with Crippen LogP contribution in [0, 0.1) is 28.1 Å². The number of allylic oxidation sites excluding steroid dienone is 1. The third-order valence-electron chi connectivity index (χ3n) is 10.2. The summed E-state index contributed by atoms with van der Waals surface area (Å²) in [4.78, 5) is 4.20. The van der Waals surface area contributed by atoms with Crippen molar-refractivity contribution in [3.8, 4) is 0 Å². The fourth-order valence-electron chi connectivity index (χ4n) is 8.16. The molecule has 1 N–H and O–H groups in total. The Morgan fingerprint density at radius 1 is 1.28 bits per heavy atom. The summed E-state index contributed by atoms with van der Waals surface area (Å²) in [6.07, 6.45) is 15.4. The Bertz CT molecular complexity index is 776. The number of hydrogen-bond acceptors (Lipinski definition) is 3. The Morgan fingerprint density at radius 2 is 2.10 bits per heavy atom. The van der Waals surface area contributed by atoms with Crippen LogP contribution in [0.4, 0.5) is 0 Å². The first-order valence-corrected chi connectivity index (χ1v) is 11.8. The number of imidazole rings is 1.